The minimum Gasteiger partial charge on any atom is -0.330 e. The van der Waals surface area contributed by atoms with E-state index in [4.69, 9.17) is 25.0 Å². The van der Waals surface area contributed by atoms with Crippen LogP contribution in [0.4, 0.5) is 0 Å². The maximum absolute atomic E-state index is 8.88. The van der Waals surface area contributed by atoms with E-state index in [2.05, 4.69) is 19.1 Å². The Morgan fingerprint density at radius 3 is 1.42 bits per heavy atom. The van der Waals surface area contributed by atoms with Crippen molar-refractivity contribution in [2.24, 2.45) is 5.73 Å². The highest BCUT2D eigenvalue weighted by molar-refractivity contribution is 7.45. The van der Waals surface area contributed by atoms with Crippen LogP contribution in [-0.4, -0.2) is 21.2 Å². The summed E-state index contributed by atoms with van der Waals surface area (Å²) in [5.41, 5.74) is 5.47. The molecular formula is C18H40NO4P. The van der Waals surface area contributed by atoms with Gasteiger partial charge < -0.3 is 20.4 Å². The molecule has 0 rings (SSSR count). The van der Waals surface area contributed by atoms with Crippen LogP contribution in [0.1, 0.15) is 96.8 Å². The van der Waals surface area contributed by atoms with E-state index in [0.717, 1.165) is 6.54 Å². The predicted octanol–water partition coefficient (Wildman–Crippen LogP) is 5.05. The second kappa shape index (κ2) is 20.9. The van der Waals surface area contributed by atoms with Crippen LogP contribution in [0, 0.1) is 0 Å². The lowest BCUT2D eigenvalue weighted by molar-refractivity contribution is 0.275. The maximum atomic E-state index is 8.88. The van der Waals surface area contributed by atoms with Gasteiger partial charge in [0.1, 0.15) is 0 Å². The van der Waals surface area contributed by atoms with Gasteiger partial charge in [0.05, 0.1) is 0 Å². The molecule has 0 radical (unpaired) electrons. The molecule has 0 heterocycles. The first-order valence-electron chi connectivity index (χ1n) is 9.55. The molecule has 0 saturated heterocycles. The molecule has 0 unspecified atom stereocenters. The Balaban J connectivity index is 0. The second-order valence-corrected chi connectivity index (χ2v) is 7.27. The van der Waals surface area contributed by atoms with Crippen molar-refractivity contribution in [3.8, 4) is 0 Å². The number of unbranched alkanes of at least 4 members (excludes halogenated alkanes) is 12. The smallest absolute Gasteiger partial charge is 0.330 e. The molecule has 0 aliphatic carbocycles. The van der Waals surface area contributed by atoms with Gasteiger partial charge in [0, 0.05) is 0 Å². The molecule has 0 amide bonds. The van der Waals surface area contributed by atoms with E-state index in [9.17, 15) is 0 Å². The van der Waals surface area contributed by atoms with Crippen LogP contribution in [0.25, 0.3) is 0 Å². The molecule has 0 spiro atoms. The molecule has 0 aliphatic rings. The van der Waals surface area contributed by atoms with E-state index >= 15 is 0 Å². The third-order valence-corrected chi connectivity index (χ3v) is 3.72. The predicted molar refractivity (Wildman–Crippen MR) is 103 cm³/mol. The van der Waals surface area contributed by atoms with Crippen LogP contribution in [0.15, 0.2) is 12.2 Å². The Morgan fingerprint density at radius 1 is 0.708 bits per heavy atom. The van der Waals surface area contributed by atoms with Gasteiger partial charge >= 0.3 is 7.82 Å². The van der Waals surface area contributed by atoms with Gasteiger partial charge in [0.25, 0.3) is 0 Å². The van der Waals surface area contributed by atoms with Gasteiger partial charge in [0.15, 0.2) is 0 Å². The highest BCUT2D eigenvalue weighted by atomic mass is 31.2. The zero-order valence-electron chi connectivity index (χ0n) is 15.5. The van der Waals surface area contributed by atoms with Crippen molar-refractivity contribution in [3.05, 3.63) is 12.2 Å². The maximum Gasteiger partial charge on any atom is 0.466 e. The fourth-order valence-electron chi connectivity index (χ4n) is 2.39. The SMILES string of the molecule is CCCCCCCC/C=C\CCCCCCCCN.O=P(O)(O)O. The number of phosphoric acid groups is 1. The molecule has 24 heavy (non-hydrogen) atoms. The molecule has 5 N–H and O–H groups in total. The van der Waals surface area contributed by atoms with Crippen LogP contribution in [0.3, 0.4) is 0 Å². The Kier molecular flexibility index (Phi) is 22.6. The minimum atomic E-state index is -4.64. The van der Waals surface area contributed by atoms with Crippen LogP contribution < -0.4 is 5.73 Å². The Hall–Kier alpha value is -0.190. The number of hydrogen-bond donors (Lipinski definition) is 4. The Labute approximate surface area is 149 Å². The third kappa shape index (κ3) is 37.8. The van der Waals surface area contributed by atoms with Gasteiger partial charge in [0.2, 0.25) is 0 Å². The van der Waals surface area contributed by atoms with Gasteiger partial charge in [-0.25, -0.2) is 4.57 Å². The minimum absolute atomic E-state index is 0.862. The molecule has 0 atom stereocenters. The highest BCUT2D eigenvalue weighted by Crippen LogP contribution is 2.25. The molecule has 0 aromatic heterocycles. The van der Waals surface area contributed by atoms with Gasteiger partial charge in [-0.3, -0.25) is 0 Å². The first-order chi connectivity index (χ1) is 11.4. The van der Waals surface area contributed by atoms with Crippen molar-refractivity contribution in [1.82, 2.24) is 0 Å². The van der Waals surface area contributed by atoms with Crippen molar-refractivity contribution >= 4 is 7.82 Å². The fraction of sp³-hybridized carbons (Fsp3) is 0.889. The average molecular weight is 365 g/mol. The highest BCUT2D eigenvalue weighted by Gasteiger charge is 2.00. The number of hydrogen-bond acceptors (Lipinski definition) is 2. The first kappa shape index (κ1) is 26.0. The van der Waals surface area contributed by atoms with Crippen molar-refractivity contribution in [2.45, 2.75) is 96.8 Å². The largest absolute Gasteiger partial charge is 0.466 e. The second-order valence-electron chi connectivity index (χ2n) is 6.24. The lowest BCUT2D eigenvalue weighted by Gasteiger charge is -1.99. The normalized spacial score (nSPS) is 11.5. The van der Waals surface area contributed by atoms with Crippen molar-refractivity contribution < 1.29 is 19.2 Å². The quantitative estimate of drug-likeness (QED) is 0.185. The summed E-state index contributed by atoms with van der Waals surface area (Å²) < 4.78 is 8.88. The fourth-order valence-corrected chi connectivity index (χ4v) is 2.39. The summed E-state index contributed by atoms with van der Waals surface area (Å²) in [4.78, 5) is 21.6. The lowest BCUT2D eigenvalue weighted by Crippen LogP contribution is -1.97. The lowest BCUT2D eigenvalue weighted by atomic mass is 10.1. The Bertz CT molecular complexity index is 297. The molecule has 146 valence electrons. The van der Waals surface area contributed by atoms with Gasteiger partial charge in [-0.05, 0) is 38.6 Å². The molecular weight excluding hydrogens is 325 g/mol. The summed E-state index contributed by atoms with van der Waals surface area (Å²) in [6.07, 6.45) is 23.9. The van der Waals surface area contributed by atoms with E-state index in [1.54, 1.807) is 0 Å². The molecule has 0 bridgehead atoms. The zero-order chi connectivity index (χ0) is 18.5. The summed E-state index contributed by atoms with van der Waals surface area (Å²) in [5.74, 6) is 0. The summed E-state index contributed by atoms with van der Waals surface area (Å²) >= 11 is 0. The summed E-state index contributed by atoms with van der Waals surface area (Å²) in [7, 11) is -4.64. The van der Waals surface area contributed by atoms with Crippen molar-refractivity contribution in [1.29, 1.82) is 0 Å². The zero-order valence-corrected chi connectivity index (χ0v) is 16.4. The molecule has 0 aromatic rings. The number of nitrogens with two attached hydrogens (primary N) is 1. The van der Waals surface area contributed by atoms with E-state index in [0.29, 0.717) is 0 Å². The van der Waals surface area contributed by atoms with E-state index in [1.807, 2.05) is 0 Å². The summed E-state index contributed by atoms with van der Waals surface area (Å²) in [5, 5.41) is 0. The molecule has 0 aliphatic heterocycles. The van der Waals surface area contributed by atoms with Gasteiger partial charge in [-0.15, -0.1) is 0 Å². The molecule has 6 heteroatoms. The topological polar surface area (TPSA) is 104 Å². The number of allylic oxidation sites excluding steroid dienone is 2. The standard InChI is InChI=1S/C18H37N.H3O4P/c1-2-3-4-5-6-7-8-9-10-11-12-13-14-15-16-17-18-19;1-5(2,3)4/h9-10H,2-8,11-19H2,1H3;(H3,1,2,3,4)/b10-9-;. The third-order valence-electron chi connectivity index (χ3n) is 3.72. The summed E-state index contributed by atoms with van der Waals surface area (Å²) in [6.45, 7) is 3.14. The van der Waals surface area contributed by atoms with Crippen LogP contribution >= 0.6 is 7.82 Å². The van der Waals surface area contributed by atoms with Crippen molar-refractivity contribution in [3.63, 3.8) is 0 Å². The first-order valence-corrected chi connectivity index (χ1v) is 11.1. The van der Waals surface area contributed by atoms with E-state index < -0.39 is 7.82 Å². The van der Waals surface area contributed by atoms with Crippen molar-refractivity contribution in [2.75, 3.05) is 6.54 Å². The van der Waals surface area contributed by atoms with Crippen LogP contribution in [0.5, 0.6) is 0 Å². The molecule has 0 aromatic carbocycles. The monoisotopic (exact) mass is 365 g/mol. The van der Waals surface area contributed by atoms with Crippen LogP contribution in [-0.2, 0) is 4.57 Å². The summed E-state index contributed by atoms with van der Waals surface area (Å²) in [6, 6.07) is 0. The number of rotatable bonds is 15. The van der Waals surface area contributed by atoms with Gasteiger partial charge in [-0.1, -0.05) is 76.9 Å². The van der Waals surface area contributed by atoms with Crippen LogP contribution in [0.2, 0.25) is 0 Å². The van der Waals surface area contributed by atoms with Gasteiger partial charge in [-0.2, -0.15) is 0 Å². The van der Waals surface area contributed by atoms with E-state index in [-0.39, 0.29) is 0 Å². The van der Waals surface area contributed by atoms with E-state index in [1.165, 1.54) is 89.9 Å². The molecule has 0 fully saturated rings. The molecule has 0 saturated carbocycles. The average Bonchev–Trinajstić information content (AvgIpc) is 2.49. The Morgan fingerprint density at radius 2 is 1.04 bits per heavy atom. The molecule has 5 nitrogen and oxygen atoms in total.